The first-order valence-corrected chi connectivity index (χ1v) is 3.10. The van der Waals surface area contributed by atoms with E-state index in [1.807, 2.05) is 0 Å². The Bertz CT molecular complexity index is 186. The number of ketones is 2. The van der Waals surface area contributed by atoms with Crippen LogP contribution in [-0.2, 0) is 9.59 Å². The van der Waals surface area contributed by atoms with Crippen molar-refractivity contribution in [3.63, 3.8) is 0 Å². The number of Topliss-reactive ketones (excluding diaryl/α,β-unsaturated/α-hetero) is 2. The fraction of sp³-hybridized carbons (Fsp3) is 0.667. The molecule has 4 unspecified atom stereocenters. The highest BCUT2D eigenvalue weighted by molar-refractivity contribution is 6.04. The molecule has 1 aliphatic rings. The van der Waals surface area contributed by atoms with Gasteiger partial charge in [0, 0.05) is 0 Å². The minimum atomic E-state index is -2.86. The minimum absolute atomic E-state index is 1.84. The van der Waals surface area contributed by atoms with E-state index >= 15 is 0 Å². The number of carbonyl (C=O) groups excluding carboxylic acids is 2. The zero-order chi connectivity index (χ0) is 9.46. The molecule has 1 saturated carbocycles. The van der Waals surface area contributed by atoms with Gasteiger partial charge in [0.25, 0.3) is 0 Å². The number of carbonyl (C=O) groups is 2. The van der Waals surface area contributed by atoms with Crippen LogP contribution in [0.1, 0.15) is 0 Å². The van der Waals surface area contributed by atoms with Crippen LogP contribution in [0.15, 0.2) is 0 Å². The Morgan fingerprint density at radius 2 is 0.833 bits per heavy atom. The van der Waals surface area contributed by atoms with E-state index in [2.05, 4.69) is 0 Å². The normalized spacial score (nSPS) is 43.3. The lowest BCUT2D eigenvalue weighted by atomic mass is 9.91. The molecular weight excluding hydrogens is 180 g/mol. The molecule has 12 heavy (non-hydrogen) atoms. The molecule has 0 saturated heterocycles. The smallest absolute Gasteiger partial charge is 0.207 e. The highest BCUT2D eigenvalue weighted by atomic mass is 19.2. The molecule has 2 nitrogen and oxygen atoms in total. The van der Waals surface area contributed by atoms with E-state index in [0.29, 0.717) is 0 Å². The number of hydrogen-bond acceptors (Lipinski definition) is 2. The molecule has 0 aliphatic heterocycles. The first kappa shape index (κ1) is 9.15. The molecule has 1 fully saturated rings. The average Bonchev–Trinajstić information content (AvgIpc) is 2.08. The molecule has 0 aromatic rings. The predicted molar refractivity (Wildman–Crippen MR) is 29.6 cm³/mol. The molecule has 0 radical (unpaired) electrons. The van der Waals surface area contributed by atoms with Gasteiger partial charge in [-0.15, -0.1) is 0 Å². The summed E-state index contributed by atoms with van der Waals surface area (Å²) in [6.07, 6.45) is -11.4. The molecule has 0 aromatic carbocycles. The van der Waals surface area contributed by atoms with Crippen molar-refractivity contribution in [2.45, 2.75) is 24.7 Å². The van der Waals surface area contributed by atoms with Crippen LogP contribution < -0.4 is 0 Å². The standard InChI is InChI=1S/C6H4F4O2/c7-1-2(8)6(12)4(10)3(9)5(1)11/h1-4H. The largest absolute Gasteiger partial charge is 0.293 e. The first-order chi connectivity index (χ1) is 5.46. The maximum atomic E-state index is 12.3. The van der Waals surface area contributed by atoms with Crippen molar-refractivity contribution < 1.29 is 27.2 Å². The summed E-state index contributed by atoms with van der Waals surface area (Å²) in [6, 6.07) is 0. The van der Waals surface area contributed by atoms with Gasteiger partial charge in [0.2, 0.25) is 11.6 Å². The van der Waals surface area contributed by atoms with E-state index < -0.39 is 36.3 Å². The molecule has 0 spiro atoms. The number of rotatable bonds is 0. The Hall–Kier alpha value is -0.940. The van der Waals surface area contributed by atoms with Crippen LogP contribution >= 0.6 is 0 Å². The van der Waals surface area contributed by atoms with Crippen molar-refractivity contribution in [3.05, 3.63) is 0 Å². The van der Waals surface area contributed by atoms with E-state index in [1.165, 1.54) is 0 Å². The van der Waals surface area contributed by atoms with Crippen LogP contribution in [-0.4, -0.2) is 36.3 Å². The van der Waals surface area contributed by atoms with E-state index in [9.17, 15) is 27.2 Å². The zero-order valence-electron chi connectivity index (χ0n) is 5.64. The van der Waals surface area contributed by atoms with Crippen molar-refractivity contribution in [2.24, 2.45) is 0 Å². The Balaban J connectivity index is 2.91. The minimum Gasteiger partial charge on any atom is -0.293 e. The van der Waals surface area contributed by atoms with Crippen molar-refractivity contribution in [1.29, 1.82) is 0 Å². The topological polar surface area (TPSA) is 34.1 Å². The van der Waals surface area contributed by atoms with Gasteiger partial charge in [0.05, 0.1) is 0 Å². The lowest BCUT2D eigenvalue weighted by Crippen LogP contribution is -2.52. The lowest BCUT2D eigenvalue weighted by Gasteiger charge is -2.22. The second kappa shape index (κ2) is 2.84. The van der Waals surface area contributed by atoms with E-state index in [4.69, 9.17) is 0 Å². The van der Waals surface area contributed by atoms with Crippen molar-refractivity contribution in [3.8, 4) is 0 Å². The molecule has 1 aliphatic carbocycles. The summed E-state index contributed by atoms with van der Waals surface area (Å²) in [5, 5.41) is 0. The third-order valence-corrected chi connectivity index (χ3v) is 1.60. The van der Waals surface area contributed by atoms with Gasteiger partial charge in [-0.05, 0) is 0 Å². The number of hydrogen-bond donors (Lipinski definition) is 0. The fourth-order valence-corrected chi connectivity index (χ4v) is 0.881. The molecule has 0 heterocycles. The van der Waals surface area contributed by atoms with Crippen LogP contribution in [0, 0.1) is 0 Å². The predicted octanol–water partition coefficient (Wildman–Crippen LogP) is 0.491. The zero-order valence-corrected chi connectivity index (χ0v) is 5.64. The van der Waals surface area contributed by atoms with Gasteiger partial charge in [0.1, 0.15) is 0 Å². The molecule has 0 aromatic heterocycles. The summed E-state index contributed by atoms with van der Waals surface area (Å²) < 4.78 is 49.2. The van der Waals surface area contributed by atoms with Crippen LogP contribution in [0.25, 0.3) is 0 Å². The number of halogens is 4. The molecule has 0 N–H and O–H groups in total. The van der Waals surface area contributed by atoms with Crippen molar-refractivity contribution in [2.75, 3.05) is 0 Å². The van der Waals surface area contributed by atoms with Gasteiger partial charge in [-0.3, -0.25) is 9.59 Å². The molecule has 0 bridgehead atoms. The van der Waals surface area contributed by atoms with Gasteiger partial charge >= 0.3 is 0 Å². The Kier molecular flexibility index (Phi) is 2.16. The summed E-state index contributed by atoms with van der Waals surface area (Å²) in [6.45, 7) is 0. The monoisotopic (exact) mass is 184 g/mol. The van der Waals surface area contributed by atoms with E-state index in [1.54, 1.807) is 0 Å². The number of alkyl halides is 4. The molecule has 4 atom stereocenters. The lowest BCUT2D eigenvalue weighted by molar-refractivity contribution is -0.151. The summed E-state index contributed by atoms with van der Waals surface area (Å²) in [7, 11) is 0. The maximum Gasteiger partial charge on any atom is 0.207 e. The molecule has 68 valence electrons. The third-order valence-electron chi connectivity index (χ3n) is 1.60. The highest BCUT2D eigenvalue weighted by Crippen LogP contribution is 2.23. The highest BCUT2D eigenvalue weighted by Gasteiger charge is 2.51. The van der Waals surface area contributed by atoms with Gasteiger partial charge in [-0.2, -0.15) is 0 Å². The van der Waals surface area contributed by atoms with Crippen LogP contribution in [0.3, 0.4) is 0 Å². The fourth-order valence-electron chi connectivity index (χ4n) is 0.881. The Morgan fingerprint density at radius 3 is 1.00 bits per heavy atom. The van der Waals surface area contributed by atoms with Crippen LogP contribution in [0.4, 0.5) is 17.6 Å². The van der Waals surface area contributed by atoms with Crippen LogP contribution in [0.2, 0.25) is 0 Å². The molecule has 6 heteroatoms. The molecular formula is C6H4F4O2. The first-order valence-electron chi connectivity index (χ1n) is 3.10. The van der Waals surface area contributed by atoms with Gasteiger partial charge in [-0.1, -0.05) is 0 Å². The summed E-state index contributed by atoms with van der Waals surface area (Å²) >= 11 is 0. The Morgan fingerprint density at radius 1 is 0.667 bits per heavy atom. The maximum absolute atomic E-state index is 12.3. The van der Waals surface area contributed by atoms with Gasteiger partial charge in [-0.25, -0.2) is 17.6 Å². The van der Waals surface area contributed by atoms with Gasteiger partial charge < -0.3 is 0 Å². The van der Waals surface area contributed by atoms with E-state index in [0.717, 1.165) is 0 Å². The summed E-state index contributed by atoms with van der Waals surface area (Å²) in [5.41, 5.74) is 0. The molecule has 1 rings (SSSR count). The SMILES string of the molecule is O=C1C(F)C(F)C(=O)C(F)C1F. The molecule has 0 amide bonds. The average molecular weight is 184 g/mol. The van der Waals surface area contributed by atoms with Crippen LogP contribution in [0.5, 0.6) is 0 Å². The third kappa shape index (κ3) is 1.11. The second-order valence-corrected chi connectivity index (χ2v) is 2.41. The van der Waals surface area contributed by atoms with Crippen molar-refractivity contribution >= 4 is 11.6 Å². The summed E-state index contributed by atoms with van der Waals surface area (Å²) in [5.74, 6) is -3.68. The van der Waals surface area contributed by atoms with Gasteiger partial charge in [0.15, 0.2) is 24.7 Å². The second-order valence-electron chi connectivity index (χ2n) is 2.41. The summed E-state index contributed by atoms with van der Waals surface area (Å²) in [4.78, 5) is 20.6. The van der Waals surface area contributed by atoms with E-state index in [-0.39, 0.29) is 0 Å². The van der Waals surface area contributed by atoms with Crippen molar-refractivity contribution in [1.82, 2.24) is 0 Å². The quantitative estimate of drug-likeness (QED) is 0.513. The Labute approximate surface area is 64.5 Å².